The third-order valence-electron chi connectivity index (χ3n) is 1.39. The largest absolute Gasteiger partial charge is 0.482 e. The molecule has 0 radical (unpaired) electrons. The Balaban J connectivity index is 0.000000212. The minimum Gasteiger partial charge on any atom is -0.482 e. The third kappa shape index (κ3) is 5.71. The van der Waals surface area contributed by atoms with Gasteiger partial charge in [-0.05, 0) is 23.7 Å². The van der Waals surface area contributed by atoms with E-state index in [0.29, 0.717) is 5.75 Å². The van der Waals surface area contributed by atoms with E-state index in [4.69, 9.17) is 9.84 Å². The molecule has 6 heteroatoms. The summed E-state index contributed by atoms with van der Waals surface area (Å²) in [5.74, 6) is -0.385. The molecule has 0 saturated heterocycles. The first-order chi connectivity index (χ1) is 7.79. The standard InChI is InChI=1S/C8H8O3.C2H2N2S/c9-8(10)6-11-7-4-2-1-3-5-7;1-3-2-5-4-1/h1-5H,6H2,(H,9,10);1-2H. The highest BCUT2D eigenvalue weighted by Gasteiger charge is 1.96. The fourth-order valence-corrected chi connectivity index (χ4v) is 1.07. The van der Waals surface area contributed by atoms with Crippen molar-refractivity contribution in [3.63, 3.8) is 0 Å². The van der Waals surface area contributed by atoms with Crippen molar-refractivity contribution >= 4 is 17.5 Å². The Morgan fingerprint density at radius 3 is 2.56 bits per heavy atom. The second-order valence-electron chi connectivity index (χ2n) is 2.58. The Kier molecular flexibility index (Phi) is 5.57. The van der Waals surface area contributed by atoms with Crippen molar-refractivity contribution in [3.8, 4) is 5.75 Å². The molecule has 1 heterocycles. The van der Waals surface area contributed by atoms with E-state index in [1.54, 1.807) is 29.8 Å². The summed E-state index contributed by atoms with van der Waals surface area (Å²) in [6.45, 7) is -0.288. The summed E-state index contributed by atoms with van der Waals surface area (Å²) in [7, 11) is 0. The van der Waals surface area contributed by atoms with E-state index >= 15 is 0 Å². The summed E-state index contributed by atoms with van der Waals surface area (Å²) in [6, 6.07) is 8.84. The quantitative estimate of drug-likeness (QED) is 0.880. The van der Waals surface area contributed by atoms with Crippen molar-refractivity contribution in [1.29, 1.82) is 0 Å². The zero-order valence-electron chi connectivity index (χ0n) is 8.31. The summed E-state index contributed by atoms with van der Waals surface area (Å²) in [5.41, 5.74) is 1.68. The number of rotatable bonds is 3. The highest BCUT2D eigenvalue weighted by atomic mass is 32.1. The third-order valence-corrected chi connectivity index (χ3v) is 1.82. The van der Waals surface area contributed by atoms with Crippen LogP contribution < -0.4 is 4.74 Å². The number of hydrogen-bond acceptors (Lipinski definition) is 5. The van der Waals surface area contributed by atoms with Gasteiger partial charge in [-0.1, -0.05) is 18.2 Å². The van der Waals surface area contributed by atoms with Crippen LogP contribution >= 0.6 is 11.5 Å². The monoisotopic (exact) mass is 238 g/mol. The molecular formula is C10H10N2O3S. The van der Waals surface area contributed by atoms with E-state index in [2.05, 4.69) is 9.36 Å². The predicted molar refractivity (Wildman–Crippen MR) is 59.5 cm³/mol. The van der Waals surface area contributed by atoms with E-state index in [-0.39, 0.29) is 6.61 Å². The number of nitrogens with zero attached hydrogens (tertiary/aromatic N) is 2. The van der Waals surface area contributed by atoms with Crippen LogP contribution in [0.3, 0.4) is 0 Å². The van der Waals surface area contributed by atoms with Crippen LogP contribution in [0.5, 0.6) is 5.75 Å². The van der Waals surface area contributed by atoms with Gasteiger partial charge in [-0.2, -0.15) is 4.37 Å². The average Bonchev–Trinajstić information content (AvgIpc) is 2.86. The summed E-state index contributed by atoms with van der Waals surface area (Å²) < 4.78 is 8.52. The number of carboxylic acid groups (broad SMARTS) is 1. The number of aromatic nitrogens is 2. The molecule has 1 aromatic heterocycles. The molecule has 84 valence electrons. The molecule has 0 aliphatic heterocycles. The highest BCUT2D eigenvalue weighted by Crippen LogP contribution is 2.07. The fourth-order valence-electron chi connectivity index (χ4n) is 0.798. The maximum Gasteiger partial charge on any atom is 0.341 e. The lowest BCUT2D eigenvalue weighted by atomic mass is 10.3. The Bertz CT molecular complexity index is 374. The van der Waals surface area contributed by atoms with Gasteiger partial charge < -0.3 is 9.84 Å². The highest BCUT2D eigenvalue weighted by molar-refractivity contribution is 7.03. The second kappa shape index (κ2) is 7.36. The van der Waals surface area contributed by atoms with E-state index < -0.39 is 5.97 Å². The molecule has 0 aliphatic carbocycles. The van der Waals surface area contributed by atoms with Gasteiger partial charge in [-0.3, -0.25) is 0 Å². The van der Waals surface area contributed by atoms with Gasteiger partial charge in [0.25, 0.3) is 0 Å². The molecule has 0 fully saturated rings. The zero-order chi connectivity index (χ0) is 11.6. The molecule has 16 heavy (non-hydrogen) atoms. The average molecular weight is 238 g/mol. The van der Waals surface area contributed by atoms with Gasteiger partial charge in [0.1, 0.15) is 17.6 Å². The maximum atomic E-state index is 10.0. The van der Waals surface area contributed by atoms with Gasteiger partial charge in [-0.25, -0.2) is 9.78 Å². The molecule has 5 nitrogen and oxygen atoms in total. The Hall–Kier alpha value is -1.95. The lowest BCUT2D eigenvalue weighted by molar-refractivity contribution is -0.139. The Labute approximate surface area is 96.5 Å². The maximum absolute atomic E-state index is 10.0. The number of ether oxygens (including phenoxy) is 1. The second-order valence-corrected chi connectivity index (χ2v) is 3.21. The van der Waals surface area contributed by atoms with Gasteiger partial charge in [-0.15, -0.1) is 0 Å². The van der Waals surface area contributed by atoms with Crippen molar-refractivity contribution in [2.24, 2.45) is 0 Å². The summed E-state index contributed by atoms with van der Waals surface area (Å²) >= 11 is 1.35. The van der Waals surface area contributed by atoms with Crippen molar-refractivity contribution in [2.75, 3.05) is 6.61 Å². The number of aliphatic carboxylic acids is 1. The number of para-hydroxylation sites is 1. The van der Waals surface area contributed by atoms with Crippen LogP contribution in [-0.2, 0) is 4.79 Å². The van der Waals surface area contributed by atoms with Crippen LogP contribution in [0.15, 0.2) is 42.2 Å². The smallest absolute Gasteiger partial charge is 0.341 e. The molecule has 0 aliphatic rings. The SMILES string of the molecule is O=C(O)COc1ccccc1.c1ncsn1. The number of carboxylic acids is 1. The van der Waals surface area contributed by atoms with Crippen LogP contribution in [0.4, 0.5) is 0 Å². The minimum atomic E-state index is -0.964. The van der Waals surface area contributed by atoms with Crippen LogP contribution in [-0.4, -0.2) is 27.0 Å². The van der Waals surface area contributed by atoms with Gasteiger partial charge in [0, 0.05) is 0 Å². The summed E-state index contributed by atoms with van der Waals surface area (Å²) in [5, 5.41) is 8.25. The molecule has 1 N–H and O–H groups in total. The molecule has 0 bridgehead atoms. The van der Waals surface area contributed by atoms with Crippen molar-refractivity contribution in [1.82, 2.24) is 9.36 Å². The summed E-state index contributed by atoms with van der Waals surface area (Å²) in [6.07, 6.45) is 1.52. The molecule has 2 aromatic rings. The van der Waals surface area contributed by atoms with Gasteiger partial charge in [0.05, 0.1) is 0 Å². The normalized spacial score (nSPS) is 8.75. The van der Waals surface area contributed by atoms with Crippen molar-refractivity contribution in [2.45, 2.75) is 0 Å². The van der Waals surface area contributed by atoms with Crippen LogP contribution in [0.2, 0.25) is 0 Å². The number of hydrogen-bond donors (Lipinski definition) is 1. The van der Waals surface area contributed by atoms with Crippen LogP contribution in [0.1, 0.15) is 0 Å². The molecule has 0 spiro atoms. The Morgan fingerprint density at radius 2 is 2.12 bits per heavy atom. The molecule has 0 amide bonds. The fraction of sp³-hybridized carbons (Fsp3) is 0.100. The molecule has 0 saturated carbocycles. The van der Waals surface area contributed by atoms with Crippen LogP contribution in [0.25, 0.3) is 0 Å². The molecule has 2 rings (SSSR count). The van der Waals surface area contributed by atoms with Crippen molar-refractivity contribution in [3.05, 3.63) is 42.2 Å². The van der Waals surface area contributed by atoms with E-state index in [9.17, 15) is 4.79 Å². The molecule has 1 aromatic carbocycles. The van der Waals surface area contributed by atoms with E-state index in [1.165, 1.54) is 17.9 Å². The number of benzene rings is 1. The van der Waals surface area contributed by atoms with E-state index in [1.807, 2.05) is 6.07 Å². The lowest BCUT2D eigenvalue weighted by Crippen LogP contribution is -2.09. The minimum absolute atomic E-state index is 0.288. The van der Waals surface area contributed by atoms with Gasteiger partial charge >= 0.3 is 5.97 Å². The van der Waals surface area contributed by atoms with Gasteiger partial charge in [0.2, 0.25) is 0 Å². The van der Waals surface area contributed by atoms with Gasteiger partial charge in [0.15, 0.2) is 6.61 Å². The molecule has 0 atom stereocenters. The summed E-state index contributed by atoms with van der Waals surface area (Å²) in [4.78, 5) is 13.7. The first-order valence-electron chi connectivity index (χ1n) is 4.38. The van der Waals surface area contributed by atoms with E-state index in [0.717, 1.165) is 0 Å². The number of carbonyl (C=O) groups is 1. The lowest BCUT2D eigenvalue weighted by Gasteiger charge is -2.00. The van der Waals surface area contributed by atoms with Crippen molar-refractivity contribution < 1.29 is 14.6 Å². The predicted octanol–water partition coefficient (Wildman–Crippen LogP) is 1.69. The zero-order valence-corrected chi connectivity index (χ0v) is 9.13. The topological polar surface area (TPSA) is 72.3 Å². The first-order valence-corrected chi connectivity index (χ1v) is 5.21. The Morgan fingerprint density at radius 1 is 1.38 bits per heavy atom. The van der Waals surface area contributed by atoms with Crippen LogP contribution in [0, 0.1) is 0 Å². The first kappa shape index (κ1) is 12.1. The molecular weight excluding hydrogens is 228 g/mol. The molecule has 0 unspecified atom stereocenters.